The van der Waals surface area contributed by atoms with Crippen LogP contribution in [0, 0.1) is 23.0 Å². The predicted molar refractivity (Wildman–Crippen MR) is 98.5 cm³/mol. The van der Waals surface area contributed by atoms with E-state index in [0.29, 0.717) is 16.7 Å². The maximum Gasteiger partial charge on any atom is 0.293 e. The lowest BCUT2D eigenvalue weighted by molar-refractivity contribution is -0.384. The Hall–Kier alpha value is -2.48. The van der Waals surface area contributed by atoms with Crippen LogP contribution in [0.25, 0.3) is 0 Å². The van der Waals surface area contributed by atoms with Crippen LogP contribution in [0.2, 0.25) is 0 Å². The molecule has 2 aromatic rings. The van der Waals surface area contributed by atoms with Gasteiger partial charge in [-0.15, -0.1) is 11.3 Å². The summed E-state index contributed by atoms with van der Waals surface area (Å²) < 4.78 is 0. The molecule has 132 valence electrons. The third-order valence-electron chi connectivity index (χ3n) is 4.27. The number of carbonyl (C=O) groups excluding carboxylic acids is 1. The van der Waals surface area contributed by atoms with Gasteiger partial charge in [-0.1, -0.05) is 6.92 Å². The van der Waals surface area contributed by atoms with Gasteiger partial charge in [-0.05, 0) is 37.8 Å². The van der Waals surface area contributed by atoms with E-state index in [1.165, 1.54) is 17.4 Å². The Kier molecular flexibility index (Phi) is 4.98. The van der Waals surface area contributed by atoms with Gasteiger partial charge in [0.15, 0.2) is 5.13 Å². The largest absolute Gasteiger partial charge is 0.366 e. The summed E-state index contributed by atoms with van der Waals surface area (Å²) in [5.74, 6) is 0.112. The van der Waals surface area contributed by atoms with Crippen molar-refractivity contribution in [3.8, 4) is 0 Å². The van der Waals surface area contributed by atoms with Crippen molar-refractivity contribution in [3.05, 3.63) is 45.0 Å². The van der Waals surface area contributed by atoms with Gasteiger partial charge in [-0.3, -0.25) is 20.2 Å². The molecule has 1 fully saturated rings. The number of rotatable bonds is 4. The summed E-state index contributed by atoms with van der Waals surface area (Å²) in [6.45, 7) is 5.58. The highest BCUT2D eigenvalue weighted by Gasteiger charge is 2.25. The van der Waals surface area contributed by atoms with Crippen molar-refractivity contribution >= 4 is 33.8 Å². The first-order valence-electron chi connectivity index (χ1n) is 8.21. The van der Waals surface area contributed by atoms with Crippen molar-refractivity contribution in [2.75, 3.05) is 23.3 Å². The van der Waals surface area contributed by atoms with Crippen molar-refractivity contribution < 1.29 is 9.72 Å². The van der Waals surface area contributed by atoms with Gasteiger partial charge in [-0.2, -0.15) is 0 Å². The maximum absolute atomic E-state index is 12.4. The lowest BCUT2D eigenvalue weighted by Gasteiger charge is -2.32. The number of amides is 1. The van der Waals surface area contributed by atoms with E-state index in [1.807, 2.05) is 17.2 Å². The molecule has 2 heterocycles. The van der Waals surface area contributed by atoms with Gasteiger partial charge < -0.3 is 4.90 Å². The molecule has 1 N–H and O–H groups in total. The quantitative estimate of drug-likeness (QED) is 0.661. The van der Waals surface area contributed by atoms with Crippen LogP contribution in [0.1, 0.15) is 35.8 Å². The topological polar surface area (TPSA) is 88.4 Å². The lowest BCUT2D eigenvalue weighted by Crippen LogP contribution is -2.34. The Morgan fingerprint density at radius 2 is 2.28 bits per heavy atom. The Labute approximate surface area is 149 Å². The molecule has 0 unspecified atom stereocenters. The summed E-state index contributed by atoms with van der Waals surface area (Å²) in [4.78, 5) is 29.7. The minimum absolute atomic E-state index is 0.0305. The molecular weight excluding hydrogens is 340 g/mol. The minimum Gasteiger partial charge on any atom is -0.366 e. The molecule has 1 saturated heterocycles. The Bertz CT molecular complexity index is 805. The van der Waals surface area contributed by atoms with Crippen LogP contribution in [0.15, 0.2) is 23.6 Å². The number of anilines is 2. The van der Waals surface area contributed by atoms with E-state index >= 15 is 0 Å². The Morgan fingerprint density at radius 1 is 1.48 bits per heavy atom. The number of benzene rings is 1. The number of hydrogen-bond donors (Lipinski definition) is 1. The van der Waals surface area contributed by atoms with E-state index in [-0.39, 0.29) is 11.3 Å². The van der Waals surface area contributed by atoms with E-state index in [1.54, 1.807) is 12.1 Å². The van der Waals surface area contributed by atoms with Gasteiger partial charge in [0.25, 0.3) is 11.6 Å². The van der Waals surface area contributed by atoms with Gasteiger partial charge in [-0.25, -0.2) is 4.98 Å². The fourth-order valence-electron chi connectivity index (χ4n) is 3.07. The first kappa shape index (κ1) is 17.3. The molecule has 1 atom stereocenters. The molecule has 1 aliphatic rings. The number of hydrogen-bond acceptors (Lipinski definition) is 6. The predicted octanol–water partition coefficient (Wildman–Crippen LogP) is 3.85. The summed E-state index contributed by atoms with van der Waals surface area (Å²) >= 11 is 1.32. The lowest BCUT2D eigenvalue weighted by atomic mass is 9.99. The van der Waals surface area contributed by atoms with Crippen molar-refractivity contribution in [2.24, 2.45) is 5.92 Å². The average molecular weight is 360 g/mol. The van der Waals surface area contributed by atoms with E-state index in [4.69, 9.17) is 0 Å². The van der Waals surface area contributed by atoms with Crippen molar-refractivity contribution in [2.45, 2.75) is 26.7 Å². The van der Waals surface area contributed by atoms with Gasteiger partial charge in [0.2, 0.25) is 0 Å². The normalized spacial score (nSPS) is 17.4. The number of nitrogens with zero attached hydrogens (tertiary/aromatic N) is 3. The third-order valence-corrected chi connectivity index (χ3v) is 5.15. The molecule has 0 spiro atoms. The number of nitro benzene ring substituents is 1. The van der Waals surface area contributed by atoms with Crippen molar-refractivity contribution in [1.29, 1.82) is 0 Å². The summed E-state index contributed by atoms with van der Waals surface area (Å²) in [6, 6.07) is 4.67. The zero-order valence-electron chi connectivity index (χ0n) is 14.2. The Balaban J connectivity index is 1.85. The molecule has 7 nitrogen and oxygen atoms in total. The van der Waals surface area contributed by atoms with Gasteiger partial charge in [0.05, 0.1) is 10.6 Å². The first-order valence-corrected chi connectivity index (χ1v) is 9.09. The standard InChI is InChI=1S/C17H20N4O3S/c1-11-4-3-7-20(9-11)14-6-5-13(8-15(14)21(23)24)16(22)19-17-18-12(2)10-25-17/h5-6,8,10-11H,3-4,7,9H2,1-2H3,(H,18,19,22)/t11-/m1/s1. The fraction of sp³-hybridized carbons (Fsp3) is 0.412. The zero-order chi connectivity index (χ0) is 18.0. The molecule has 1 amide bonds. The summed E-state index contributed by atoms with van der Waals surface area (Å²) in [5.41, 5.74) is 1.63. The van der Waals surface area contributed by atoms with Gasteiger partial charge in [0, 0.05) is 30.1 Å². The van der Waals surface area contributed by atoms with Crippen LogP contribution in [-0.4, -0.2) is 28.9 Å². The van der Waals surface area contributed by atoms with Gasteiger partial charge in [0.1, 0.15) is 5.69 Å². The number of nitrogens with one attached hydrogen (secondary N) is 1. The second-order valence-corrected chi connectivity index (χ2v) is 7.26. The third kappa shape index (κ3) is 3.96. The molecular formula is C17H20N4O3S. The average Bonchev–Trinajstić information content (AvgIpc) is 2.99. The van der Waals surface area contributed by atoms with Crippen LogP contribution in [0.3, 0.4) is 0 Å². The fourth-order valence-corrected chi connectivity index (χ4v) is 3.75. The number of piperidine rings is 1. The second-order valence-electron chi connectivity index (χ2n) is 6.40. The summed E-state index contributed by atoms with van der Waals surface area (Å²) in [7, 11) is 0. The first-order chi connectivity index (χ1) is 11.9. The van der Waals surface area contributed by atoms with Gasteiger partial charge >= 0.3 is 0 Å². The van der Waals surface area contributed by atoms with Crippen LogP contribution >= 0.6 is 11.3 Å². The van der Waals surface area contributed by atoms with Crippen molar-refractivity contribution in [3.63, 3.8) is 0 Å². The van der Waals surface area contributed by atoms with Crippen molar-refractivity contribution in [1.82, 2.24) is 4.98 Å². The number of carbonyl (C=O) groups is 1. The van der Waals surface area contributed by atoms with Crippen LogP contribution in [-0.2, 0) is 0 Å². The highest BCUT2D eigenvalue weighted by atomic mass is 32.1. The highest BCUT2D eigenvalue weighted by molar-refractivity contribution is 7.13. The number of nitro groups is 1. The summed E-state index contributed by atoms with van der Waals surface area (Å²) in [6.07, 6.45) is 2.15. The molecule has 0 bridgehead atoms. The molecule has 0 saturated carbocycles. The van der Waals surface area contributed by atoms with Crippen LogP contribution in [0.5, 0.6) is 0 Å². The summed E-state index contributed by atoms with van der Waals surface area (Å²) in [5, 5.41) is 16.5. The zero-order valence-corrected chi connectivity index (χ0v) is 15.0. The number of aromatic nitrogens is 1. The van der Waals surface area contributed by atoms with E-state index < -0.39 is 10.8 Å². The van der Waals surface area contributed by atoms with E-state index in [0.717, 1.165) is 31.6 Å². The second kappa shape index (κ2) is 7.18. The molecule has 1 aromatic heterocycles. The smallest absolute Gasteiger partial charge is 0.293 e. The molecule has 3 rings (SSSR count). The molecule has 1 aromatic carbocycles. The molecule has 25 heavy (non-hydrogen) atoms. The maximum atomic E-state index is 12.4. The van der Waals surface area contributed by atoms with E-state index in [2.05, 4.69) is 17.2 Å². The Morgan fingerprint density at radius 3 is 2.92 bits per heavy atom. The monoisotopic (exact) mass is 360 g/mol. The highest BCUT2D eigenvalue weighted by Crippen LogP contribution is 2.32. The number of aryl methyl sites for hydroxylation is 1. The molecule has 1 aliphatic heterocycles. The SMILES string of the molecule is Cc1csc(NC(=O)c2ccc(N3CCC[C@@H](C)C3)c([N+](=O)[O-])c2)n1. The van der Waals surface area contributed by atoms with Crippen LogP contribution in [0.4, 0.5) is 16.5 Å². The van der Waals surface area contributed by atoms with Crippen LogP contribution < -0.4 is 10.2 Å². The molecule has 0 radical (unpaired) electrons. The molecule has 8 heteroatoms. The molecule has 0 aliphatic carbocycles. The minimum atomic E-state index is -0.418. The number of thiazole rings is 1. The van der Waals surface area contributed by atoms with E-state index in [9.17, 15) is 14.9 Å².